The molecule has 0 radical (unpaired) electrons. The second-order valence-electron chi connectivity index (χ2n) is 2.99. The summed E-state index contributed by atoms with van der Waals surface area (Å²) in [7, 11) is 4.03. The lowest BCUT2D eigenvalue weighted by molar-refractivity contribution is 1.09. The molecule has 12 heavy (non-hydrogen) atoms. The molecule has 0 aliphatic carbocycles. The fourth-order valence-electron chi connectivity index (χ4n) is 1.31. The Labute approximate surface area is 71.0 Å². The zero-order valence-electron chi connectivity index (χ0n) is 7.20. The van der Waals surface area contributed by atoms with Gasteiger partial charge in [0.25, 0.3) is 0 Å². The summed E-state index contributed by atoms with van der Waals surface area (Å²) in [5.74, 6) is 0. The van der Waals surface area contributed by atoms with E-state index in [4.69, 9.17) is 0 Å². The smallest absolute Gasteiger partial charge is 0.115 e. The number of hydrogen-bond donors (Lipinski definition) is 1. The first-order chi connectivity index (χ1) is 5.79. The lowest BCUT2D eigenvalue weighted by Crippen LogP contribution is -2.08. The van der Waals surface area contributed by atoms with Crippen molar-refractivity contribution in [3.63, 3.8) is 0 Å². The van der Waals surface area contributed by atoms with Crippen molar-refractivity contribution >= 4 is 16.6 Å². The molecule has 1 N–H and O–H groups in total. The van der Waals surface area contributed by atoms with Crippen molar-refractivity contribution in [3.05, 3.63) is 24.4 Å². The molecule has 62 valence electrons. The molecule has 0 aliphatic heterocycles. The minimum atomic E-state index is 1.03. The minimum Gasteiger partial charge on any atom is -0.376 e. The summed E-state index contributed by atoms with van der Waals surface area (Å²) in [6, 6.07) is 6.14. The second kappa shape index (κ2) is 2.52. The molecule has 3 heteroatoms. The average Bonchev–Trinajstić information content (AvgIpc) is 2.49. The zero-order valence-corrected chi connectivity index (χ0v) is 7.20. The quantitative estimate of drug-likeness (QED) is 0.689. The summed E-state index contributed by atoms with van der Waals surface area (Å²) in [5, 5.41) is 8.18. The summed E-state index contributed by atoms with van der Waals surface area (Å²) in [4.78, 5) is 2.06. The first kappa shape index (κ1) is 7.16. The van der Waals surface area contributed by atoms with Gasteiger partial charge in [-0.1, -0.05) is 12.1 Å². The molecule has 0 unspecified atom stereocenters. The Morgan fingerprint density at radius 1 is 1.33 bits per heavy atom. The molecule has 0 saturated carbocycles. The van der Waals surface area contributed by atoms with Crippen molar-refractivity contribution < 1.29 is 0 Å². The second-order valence-corrected chi connectivity index (χ2v) is 2.99. The lowest BCUT2D eigenvalue weighted by Gasteiger charge is -2.11. The van der Waals surface area contributed by atoms with Gasteiger partial charge in [0.15, 0.2) is 0 Å². The number of aromatic amines is 1. The Hall–Kier alpha value is -1.51. The van der Waals surface area contributed by atoms with Crippen LogP contribution in [-0.4, -0.2) is 24.3 Å². The molecular weight excluding hydrogens is 150 g/mol. The number of benzene rings is 1. The minimum absolute atomic E-state index is 1.03. The van der Waals surface area contributed by atoms with Gasteiger partial charge >= 0.3 is 0 Å². The number of H-pyrrole nitrogens is 1. The van der Waals surface area contributed by atoms with Crippen molar-refractivity contribution in [1.29, 1.82) is 0 Å². The SMILES string of the molecule is CN(C)c1cccc2c[nH]nc12. The van der Waals surface area contributed by atoms with Gasteiger partial charge in [0, 0.05) is 25.7 Å². The van der Waals surface area contributed by atoms with E-state index in [1.54, 1.807) is 0 Å². The van der Waals surface area contributed by atoms with Gasteiger partial charge in [0.1, 0.15) is 5.52 Å². The number of aromatic nitrogens is 2. The Bertz CT molecular complexity index is 389. The highest BCUT2D eigenvalue weighted by Crippen LogP contribution is 2.22. The van der Waals surface area contributed by atoms with E-state index in [0.717, 1.165) is 16.6 Å². The number of fused-ring (bicyclic) bond motifs is 1. The molecule has 1 heterocycles. The van der Waals surface area contributed by atoms with E-state index in [1.165, 1.54) is 0 Å². The van der Waals surface area contributed by atoms with Crippen LogP contribution in [0.4, 0.5) is 5.69 Å². The van der Waals surface area contributed by atoms with Crippen molar-refractivity contribution in [1.82, 2.24) is 10.2 Å². The third kappa shape index (κ3) is 0.942. The van der Waals surface area contributed by atoms with Crippen LogP contribution in [0.1, 0.15) is 0 Å². The molecule has 3 nitrogen and oxygen atoms in total. The van der Waals surface area contributed by atoms with Crippen molar-refractivity contribution in [2.45, 2.75) is 0 Å². The highest BCUT2D eigenvalue weighted by molar-refractivity contribution is 5.90. The molecule has 0 spiro atoms. The van der Waals surface area contributed by atoms with Gasteiger partial charge in [-0.15, -0.1) is 0 Å². The van der Waals surface area contributed by atoms with Crippen LogP contribution in [-0.2, 0) is 0 Å². The first-order valence-electron chi connectivity index (χ1n) is 3.89. The van der Waals surface area contributed by atoms with E-state index in [2.05, 4.69) is 21.2 Å². The maximum atomic E-state index is 4.17. The highest BCUT2D eigenvalue weighted by atomic mass is 15.1. The Balaban J connectivity index is 2.73. The van der Waals surface area contributed by atoms with Gasteiger partial charge in [-0.2, -0.15) is 5.10 Å². The Morgan fingerprint density at radius 2 is 2.17 bits per heavy atom. The molecule has 0 saturated heterocycles. The monoisotopic (exact) mass is 161 g/mol. The number of rotatable bonds is 1. The van der Waals surface area contributed by atoms with Crippen LogP contribution in [0, 0.1) is 0 Å². The van der Waals surface area contributed by atoms with Gasteiger partial charge in [-0.3, -0.25) is 5.10 Å². The topological polar surface area (TPSA) is 31.9 Å². The Morgan fingerprint density at radius 3 is 2.92 bits per heavy atom. The molecule has 1 aromatic carbocycles. The zero-order chi connectivity index (χ0) is 8.55. The maximum absolute atomic E-state index is 4.17. The lowest BCUT2D eigenvalue weighted by atomic mass is 10.2. The summed E-state index contributed by atoms with van der Waals surface area (Å²) in [5.41, 5.74) is 2.18. The van der Waals surface area contributed by atoms with Crippen LogP contribution >= 0.6 is 0 Å². The van der Waals surface area contributed by atoms with Crippen LogP contribution in [0.15, 0.2) is 24.4 Å². The molecule has 0 bridgehead atoms. The number of hydrogen-bond acceptors (Lipinski definition) is 2. The van der Waals surface area contributed by atoms with E-state index in [0.29, 0.717) is 0 Å². The van der Waals surface area contributed by atoms with E-state index >= 15 is 0 Å². The molecule has 0 aliphatic rings. The summed E-state index contributed by atoms with van der Waals surface area (Å²) in [6.07, 6.45) is 1.91. The fourth-order valence-corrected chi connectivity index (χ4v) is 1.31. The molecule has 0 atom stereocenters. The van der Waals surface area contributed by atoms with Crippen LogP contribution in [0.2, 0.25) is 0 Å². The van der Waals surface area contributed by atoms with Crippen molar-refractivity contribution in [3.8, 4) is 0 Å². The third-order valence-corrected chi connectivity index (χ3v) is 1.92. The van der Waals surface area contributed by atoms with Gasteiger partial charge in [0.05, 0.1) is 5.69 Å². The predicted octanol–water partition coefficient (Wildman–Crippen LogP) is 1.63. The number of anilines is 1. The molecule has 0 fully saturated rings. The average molecular weight is 161 g/mol. The van der Waals surface area contributed by atoms with Gasteiger partial charge in [0.2, 0.25) is 0 Å². The van der Waals surface area contributed by atoms with Gasteiger partial charge in [-0.25, -0.2) is 0 Å². The van der Waals surface area contributed by atoms with Crippen molar-refractivity contribution in [2.75, 3.05) is 19.0 Å². The van der Waals surface area contributed by atoms with Crippen molar-refractivity contribution in [2.24, 2.45) is 0 Å². The van der Waals surface area contributed by atoms with E-state index in [1.807, 2.05) is 32.4 Å². The molecule has 1 aromatic heterocycles. The maximum Gasteiger partial charge on any atom is 0.115 e. The Kier molecular flexibility index (Phi) is 1.50. The molecule has 2 aromatic rings. The first-order valence-corrected chi connectivity index (χ1v) is 3.89. The normalized spacial score (nSPS) is 10.5. The van der Waals surface area contributed by atoms with E-state index in [-0.39, 0.29) is 0 Å². The largest absolute Gasteiger partial charge is 0.376 e. The standard InChI is InChI=1S/C9H11N3/c1-12(2)8-5-3-4-7-6-10-11-9(7)8/h3-6H,1-2H3,(H,10,11). The van der Waals surface area contributed by atoms with E-state index < -0.39 is 0 Å². The van der Waals surface area contributed by atoms with Crippen LogP contribution in [0.25, 0.3) is 10.9 Å². The molecule has 2 rings (SSSR count). The summed E-state index contributed by atoms with van der Waals surface area (Å²) < 4.78 is 0. The highest BCUT2D eigenvalue weighted by Gasteiger charge is 2.03. The molecular formula is C9H11N3. The van der Waals surface area contributed by atoms with Crippen LogP contribution in [0.5, 0.6) is 0 Å². The molecule has 0 amide bonds. The number of nitrogens with zero attached hydrogens (tertiary/aromatic N) is 2. The van der Waals surface area contributed by atoms with Gasteiger partial charge in [-0.05, 0) is 6.07 Å². The van der Waals surface area contributed by atoms with Gasteiger partial charge < -0.3 is 4.90 Å². The van der Waals surface area contributed by atoms with Crippen LogP contribution in [0.3, 0.4) is 0 Å². The van der Waals surface area contributed by atoms with Crippen LogP contribution < -0.4 is 4.90 Å². The summed E-state index contributed by atoms with van der Waals surface area (Å²) >= 11 is 0. The number of nitrogens with one attached hydrogen (secondary N) is 1. The predicted molar refractivity (Wildman–Crippen MR) is 50.4 cm³/mol. The summed E-state index contributed by atoms with van der Waals surface area (Å²) in [6.45, 7) is 0. The van der Waals surface area contributed by atoms with E-state index in [9.17, 15) is 0 Å². The fraction of sp³-hybridized carbons (Fsp3) is 0.222. The number of para-hydroxylation sites is 1. The third-order valence-electron chi connectivity index (χ3n) is 1.92.